The Kier molecular flexibility index (Phi) is 7.26. The monoisotopic (exact) mass is 476 g/mol. The lowest BCUT2D eigenvalue weighted by molar-refractivity contribution is -0.139. The molecule has 2 N–H and O–H groups in total. The van der Waals surface area contributed by atoms with E-state index in [1.165, 1.54) is 23.9 Å². The number of hydrogen-bond acceptors (Lipinski definition) is 3. The first-order valence-electron chi connectivity index (χ1n) is 10.5. The molecule has 3 rings (SSSR count). The van der Waals surface area contributed by atoms with Crippen LogP contribution in [0.25, 0.3) is 0 Å². The molecule has 0 fully saturated rings. The lowest BCUT2D eigenvalue weighted by atomic mass is 9.82. The zero-order chi connectivity index (χ0) is 24.4. The van der Waals surface area contributed by atoms with Gasteiger partial charge in [-0.15, -0.1) is 11.8 Å². The number of aromatic amines is 1. The molecule has 0 aliphatic carbocycles. The number of nitrogens with zero attached hydrogens (tertiary/aromatic N) is 1. The Labute approximate surface area is 195 Å². The van der Waals surface area contributed by atoms with Crippen LogP contribution in [0.5, 0.6) is 0 Å². The van der Waals surface area contributed by atoms with E-state index in [-0.39, 0.29) is 17.2 Å². The van der Waals surface area contributed by atoms with Crippen LogP contribution in [-0.4, -0.2) is 21.3 Å². The number of alkyl halides is 3. The minimum absolute atomic E-state index is 0.0616. The summed E-state index contributed by atoms with van der Waals surface area (Å²) in [6.45, 7) is 7.27. The molecule has 0 aliphatic rings. The van der Waals surface area contributed by atoms with Gasteiger partial charge in [0.15, 0.2) is 0 Å². The summed E-state index contributed by atoms with van der Waals surface area (Å²) in [7, 11) is 0. The summed E-state index contributed by atoms with van der Waals surface area (Å²) in [6.07, 6.45) is -0.486. The van der Waals surface area contributed by atoms with Crippen molar-refractivity contribution in [2.75, 3.05) is 0 Å². The van der Waals surface area contributed by atoms with Crippen LogP contribution in [0.1, 0.15) is 65.8 Å². The number of hydrogen-bond donors (Lipinski definition) is 2. The quantitative estimate of drug-likeness (QED) is 0.363. The van der Waals surface area contributed by atoms with Crippen molar-refractivity contribution in [1.29, 1.82) is 0 Å². The summed E-state index contributed by atoms with van der Waals surface area (Å²) in [5.74, 6) is -0.843. The average molecular weight is 477 g/mol. The number of halogens is 3. The van der Waals surface area contributed by atoms with Crippen molar-refractivity contribution >= 4 is 17.7 Å². The van der Waals surface area contributed by atoms with Gasteiger partial charge in [-0.2, -0.15) is 18.3 Å². The fourth-order valence-electron chi connectivity index (χ4n) is 3.73. The van der Waals surface area contributed by atoms with E-state index in [0.29, 0.717) is 6.42 Å². The maximum absolute atomic E-state index is 13.7. The Balaban J connectivity index is 2.00. The summed E-state index contributed by atoms with van der Waals surface area (Å²) >= 11 is 1.52. The Bertz CT molecular complexity index is 1120. The van der Waals surface area contributed by atoms with Gasteiger partial charge in [0, 0.05) is 23.1 Å². The van der Waals surface area contributed by atoms with Crippen LogP contribution < -0.4 is 0 Å². The summed E-state index contributed by atoms with van der Waals surface area (Å²) in [4.78, 5) is 11.8. The molecule has 8 heteroatoms. The van der Waals surface area contributed by atoms with Gasteiger partial charge in [0.1, 0.15) is 0 Å². The molecular weight excluding hydrogens is 449 g/mol. The topological polar surface area (TPSA) is 66.0 Å². The summed E-state index contributed by atoms with van der Waals surface area (Å²) in [5, 5.41) is 15.5. The molecule has 3 aromatic rings. The number of H-pyrrole nitrogens is 1. The third-order valence-corrected chi connectivity index (χ3v) is 6.76. The predicted molar refractivity (Wildman–Crippen MR) is 124 cm³/mol. The highest BCUT2D eigenvalue weighted by molar-refractivity contribution is 7.99. The largest absolute Gasteiger partial charge is 0.481 e. The van der Waals surface area contributed by atoms with Crippen LogP contribution in [0.4, 0.5) is 13.2 Å². The smallest absolute Gasteiger partial charge is 0.416 e. The molecular formula is C25H27F3N2O2S. The van der Waals surface area contributed by atoms with Crippen LogP contribution in [0.15, 0.2) is 53.7 Å². The molecule has 33 heavy (non-hydrogen) atoms. The standard InChI is InChI=1S/C25H27F3N2O2S/c1-15-11-19(8-5-16(15)7-10-22(31)32)33-23(18-13-29-30-14-18)17-6-9-20(25(26,27)28)21(12-17)24(2,3)4/h5-6,8-9,11-14,23H,7,10H2,1-4H3,(H,29,30)(H,31,32). The van der Waals surface area contributed by atoms with E-state index in [1.54, 1.807) is 39.2 Å². The van der Waals surface area contributed by atoms with E-state index in [1.807, 2.05) is 25.1 Å². The molecule has 1 unspecified atom stereocenters. The number of nitrogens with one attached hydrogen (secondary N) is 1. The molecule has 0 saturated carbocycles. The van der Waals surface area contributed by atoms with Gasteiger partial charge in [-0.05, 0) is 59.2 Å². The predicted octanol–water partition coefficient (Wildman–Crippen LogP) is 6.93. The number of carboxylic acid groups (broad SMARTS) is 1. The number of aryl methyl sites for hydroxylation is 2. The van der Waals surface area contributed by atoms with Crippen LogP contribution in [0.2, 0.25) is 0 Å². The zero-order valence-electron chi connectivity index (χ0n) is 19.0. The zero-order valence-corrected chi connectivity index (χ0v) is 19.8. The Morgan fingerprint density at radius 2 is 1.82 bits per heavy atom. The molecule has 0 bridgehead atoms. The molecule has 1 aromatic heterocycles. The van der Waals surface area contributed by atoms with Gasteiger partial charge in [0.25, 0.3) is 0 Å². The van der Waals surface area contributed by atoms with Crippen LogP contribution in [-0.2, 0) is 22.8 Å². The fourth-order valence-corrected chi connectivity index (χ4v) is 4.94. The highest BCUT2D eigenvalue weighted by atomic mass is 32.2. The van der Waals surface area contributed by atoms with Gasteiger partial charge in [0.05, 0.1) is 17.0 Å². The molecule has 0 saturated heterocycles. The van der Waals surface area contributed by atoms with Gasteiger partial charge in [-0.1, -0.05) is 39.0 Å². The van der Waals surface area contributed by atoms with Crippen molar-refractivity contribution in [2.24, 2.45) is 0 Å². The van der Waals surface area contributed by atoms with Crippen molar-refractivity contribution in [3.05, 3.63) is 82.2 Å². The molecule has 1 heterocycles. The normalized spacial score (nSPS) is 13.2. The van der Waals surface area contributed by atoms with E-state index >= 15 is 0 Å². The third kappa shape index (κ3) is 6.19. The number of aliphatic carboxylic acids is 1. The summed E-state index contributed by atoms with van der Waals surface area (Å²) in [6, 6.07) is 10.2. The lowest BCUT2D eigenvalue weighted by Gasteiger charge is -2.26. The first-order valence-corrected chi connectivity index (χ1v) is 11.4. The minimum Gasteiger partial charge on any atom is -0.481 e. The number of carboxylic acids is 1. The number of rotatable bonds is 7. The van der Waals surface area contributed by atoms with E-state index in [2.05, 4.69) is 10.2 Å². The maximum Gasteiger partial charge on any atom is 0.416 e. The second-order valence-corrected chi connectivity index (χ2v) is 10.2. The van der Waals surface area contributed by atoms with Crippen LogP contribution >= 0.6 is 11.8 Å². The third-order valence-electron chi connectivity index (χ3n) is 5.46. The van der Waals surface area contributed by atoms with Gasteiger partial charge in [0.2, 0.25) is 0 Å². The number of aromatic nitrogens is 2. The second kappa shape index (κ2) is 9.63. The van der Waals surface area contributed by atoms with Crippen molar-refractivity contribution < 1.29 is 23.1 Å². The summed E-state index contributed by atoms with van der Waals surface area (Å²) in [5.41, 5.74) is 2.50. The van der Waals surface area contributed by atoms with Crippen molar-refractivity contribution in [1.82, 2.24) is 10.2 Å². The molecule has 2 aromatic carbocycles. The van der Waals surface area contributed by atoms with Crippen LogP contribution in [0, 0.1) is 6.92 Å². The van der Waals surface area contributed by atoms with Crippen molar-refractivity contribution in [3.8, 4) is 0 Å². The highest BCUT2D eigenvalue weighted by Gasteiger charge is 2.37. The second-order valence-electron chi connectivity index (χ2n) is 9.06. The number of thioether (sulfide) groups is 1. The van der Waals surface area contributed by atoms with E-state index < -0.39 is 23.1 Å². The molecule has 0 spiro atoms. The van der Waals surface area contributed by atoms with Gasteiger partial charge in [-0.25, -0.2) is 0 Å². The summed E-state index contributed by atoms with van der Waals surface area (Å²) < 4.78 is 41.0. The molecule has 176 valence electrons. The minimum atomic E-state index is -4.43. The van der Waals surface area contributed by atoms with Crippen molar-refractivity contribution in [3.63, 3.8) is 0 Å². The number of benzene rings is 2. The first kappa shape index (κ1) is 24.9. The van der Waals surface area contributed by atoms with Crippen LogP contribution in [0.3, 0.4) is 0 Å². The molecule has 0 aliphatic heterocycles. The lowest BCUT2D eigenvalue weighted by Crippen LogP contribution is -2.20. The van der Waals surface area contributed by atoms with E-state index in [4.69, 9.17) is 5.11 Å². The molecule has 0 amide bonds. The van der Waals surface area contributed by atoms with E-state index in [0.717, 1.165) is 27.1 Å². The van der Waals surface area contributed by atoms with E-state index in [9.17, 15) is 18.0 Å². The van der Waals surface area contributed by atoms with Gasteiger partial charge >= 0.3 is 12.1 Å². The maximum atomic E-state index is 13.7. The first-order chi connectivity index (χ1) is 15.4. The Hall–Kier alpha value is -2.74. The molecule has 1 atom stereocenters. The SMILES string of the molecule is Cc1cc(SC(c2cn[nH]c2)c2ccc(C(F)(F)F)c(C(C)(C)C)c2)ccc1CCC(=O)O. The van der Waals surface area contributed by atoms with Crippen molar-refractivity contribution in [2.45, 2.75) is 62.3 Å². The average Bonchev–Trinajstić information content (AvgIpc) is 3.24. The number of carbonyl (C=O) groups is 1. The van der Waals surface area contributed by atoms with Gasteiger partial charge < -0.3 is 5.11 Å². The molecule has 0 radical (unpaired) electrons. The Morgan fingerprint density at radius 1 is 1.09 bits per heavy atom. The molecule has 4 nitrogen and oxygen atoms in total. The highest BCUT2D eigenvalue weighted by Crippen LogP contribution is 2.44. The fraction of sp³-hybridized carbons (Fsp3) is 0.360. The van der Waals surface area contributed by atoms with Gasteiger partial charge in [-0.3, -0.25) is 9.89 Å². The Morgan fingerprint density at radius 3 is 2.36 bits per heavy atom.